The molecule has 1 heteroatoms. The Balaban J connectivity index is 1.16. The first-order chi connectivity index (χ1) is 27.4. The van der Waals surface area contributed by atoms with Gasteiger partial charge in [0.2, 0.25) is 0 Å². The monoisotopic (exact) mass is 736 g/mol. The van der Waals surface area contributed by atoms with Crippen molar-refractivity contribution < 1.29 is 0 Å². The van der Waals surface area contributed by atoms with Gasteiger partial charge in [-0.15, -0.1) is 11.3 Å². The van der Waals surface area contributed by atoms with Crippen LogP contribution in [0, 0.1) is 0 Å². The van der Waals surface area contributed by atoms with Gasteiger partial charge in [0.25, 0.3) is 0 Å². The molecule has 7 aromatic carbocycles. The highest BCUT2D eigenvalue weighted by molar-refractivity contribution is 7.26. The van der Waals surface area contributed by atoms with Crippen molar-refractivity contribution in [3.63, 3.8) is 0 Å². The Hall–Kier alpha value is -6.02. The van der Waals surface area contributed by atoms with Crippen LogP contribution in [0.15, 0.2) is 147 Å². The Bertz CT molecular complexity index is 3070. The maximum absolute atomic E-state index is 4.73. The van der Waals surface area contributed by atoms with Crippen molar-refractivity contribution in [2.75, 3.05) is 0 Å². The van der Waals surface area contributed by atoms with E-state index in [1.807, 2.05) is 17.4 Å². The number of hydrogen-bond acceptors (Lipinski definition) is 1. The molecule has 10 rings (SSSR count). The molecule has 270 valence electrons. The van der Waals surface area contributed by atoms with E-state index >= 15 is 0 Å². The summed E-state index contributed by atoms with van der Waals surface area (Å²) >= 11 is 1.93. The van der Waals surface area contributed by atoms with Gasteiger partial charge in [0.05, 0.1) is 0 Å². The van der Waals surface area contributed by atoms with E-state index in [1.165, 1.54) is 91.5 Å². The van der Waals surface area contributed by atoms with Crippen molar-refractivity contribution in [1.82, 2.24) is 0 Å². The molecule has 0 saturated carbocycles. The number of allylic oxidation sites excluding steroid dienone is 1. The molecule has 0 nitrogen and oxygen atoms in total. The summed E-state index contributed by atoms with van der Waals surface area (Å²) in [6.07, 6.45) is 13.3. The summed E-state index contributed by atoms with van der Waals surface area (Å²) in [4.78, 5) is 0. The van der Waals surface area contributed by atoms with Crippen molar-refractivity contribution >= 4 is 77.7 Å². The summed E-state index contributed by atoms with van der Waals surface area (Å²) < 4.78 is 2.73. The largest absolute Gasteiger partial charge is 0.135 e. The lowest BCUT2D eigenvalue weighted by atomic mass is 9.75. The molecule has 0 radical (unpaired) electrons. The Morgan fingerprint density at radius 1 is 0.643 bits per heavy atom. The van der Waals surface area contributed by atoms with Gasteiger partial charge in [-0.2, -0.15) is 0 Å². The molecule has 0 saturated heterocycles. The highest BCUT2D eigenvalue weighted by Crippen LogP contribution is 2.44. The van der Waals surface area contributed by atoms with Crippen molar-refractivity contribution in [1.29, 1.82) is 0 Å². The SMILES string of the molecule is C=Cc1ccccc1C(=C)c1c2c(c(-c3ccc(/C4=C/c5c(ccc6c5sc5ccccc56)Cc5ccccc5C(C)(C)C4)cc3)c3ccccc13)=CCCC=2. The summed E-state index contributed by atoms with van der Waals surface area (Å²) in [6, 6.07) is 49.6. The van der Waals surface area contributed by atoms with Crippen LogP contribution < -0.4 is 10.4 Å². The lowest BCUT2D eigenvalue weighted by Crippen LogP contribution is -2.33. The van der Waals surface area contributed by atoms with Gasteiger partial charge in [-0.1, -0.05) is 173 Å². The normalized spacial score (nSPS) is 15.6. The van der Waals surface area contributed by atoms with Crippen LogP contribution in [-0.2, 0) is 11.8 Å². The molecule has 1 heterocycles. The highest BCUT2D eigenvalue weighted by Gasteiger charge is 2.28. The highest BCUT2D eigenvalue weighted by atomic mass is 32.1. The molecule has 0 spiro atoms. The van der Waals surface area contributed by atoms with Gasteiger partial charge < -0.3 is 0 Å². The minimum Gasteiger partial charge on any atom is -0.135 e. The standard InChI is InChI=1S/C55H44S/c1-5-36-16-6-8-18-42(36)35(2)52-44-20-9-11-22-46(44)53(47-23-12-10-21-45(47)52)38-28-26-37(27-29-38)41-33-49-39(32-40-17-7-14-24-50(40)55(3,4)34-41)30-31-48-43-19-13-15-25-51(43)56-54(48)49/h5-9,11,13-31,33H,1-2,10,12,32,34H2,3-4H3/b41-33+. The smallest absolute Gasteiger partial charge is 0.0430 e. The lowest BCUT2D eigenvalue weighted by molar-refractivity contribution is 0.538. The Labute approximate surface area is 333 Å². The van der Waals surface area contributed by atoms with Gasteiger partial charge in [-0.3, -0.25) is 0 Å². The van der Waals surface area contributed by atoms with E-state index in [2.05, 4.69) is 172 Å². The van der Waals surface area contributed by atoms with Crippen LogP contribution in [0.3, 0.4) is 0 Å². The number of hydrogen-bond donors (Lipinski definition) is 0. The molecule has 0 atom stereocenters. The van der Waals surface area contributed by atoms with Gasteiger partial charge in [0.1, 0.15) is 0 Å². The van der Waals surface area contributed by atoms with Crippen molar-refractivity contribution in [3.05, 3.63) is 202 Å². The fraction of sp³-hybridized carbons (Fsp3) is 0.127. The van der Waals surface area contributed by atoms with Gasteiger partial charge >= 0.3 is 0 Å². The zero-order chi connectivity index (χ0) is 38.0. The van der Waals surface area contributed by atoms with Gasteiger partial charge in [0, 0.05) is 20.2 Å². The third-order valence-corrected chi connectivity index (χ3v) is 13.5. The number of benzene rings is 7. The van der Waals surface area contributed by atoms with Crippen molar-refractivity contribution in [3.8, 4) is 11.1 Å². The van der Waals surface area contributed by atoms with Crippen LogP contribution in [0.5, 0.6) is 0 Å². The summed E-state index contributed by atoms with van der Waals surface area (Å²) in [7, 11) is 0. The molecule has 0 fully saturated rings. The Morgan fingerprint density at radius 2 is 1.32 bits per heavy atom. The molecular weight excluding hydrogens is 693 g/mol. The first kappa shape index (κ1) is 34.5. The average molecular weight is 737 g/mol. The summed E-state index contributed by atoms with van der Waals surface area (Å²) in [5.41, 5.74) is 15.3. The maximum atomic E-state index is 4.73. The fourth-order valence-electron chi connectivity index (χ4n) is 9.61. The zero-order valence-electron chi connectivity index (χ0n) is 32.2. The second-order valence-electron chi connectivity index (χ2n) is 16.1. The van der Waals surface area contributed by atoms with Crippen LogP contribution in [0.25, 0.3) is 77.5 Å². The molecule has 56 heavy (non-hydrogen) atoms. The molecular formula is C55H44S. The predicted molar refractivity (Wildman–Crippen MR) is 246 cm³/mol. The minimum atomic E-state index is -0.0507. The summed E-state index contributed by atoms with van der Waals surface area (Å²) in [5, 5.41) is 7.81. The quantitative estimate of drug-likeness (QED) is 0.165. The topological polar surface area (TPSA) is 0 Å². The van der Waals surface area contributed by atoms with E-state index in [4.69, 9.17) is 6.58 Å². The average Bonchev–Trinajstić information content (AvgIpc) is 3.63. The predicted octanol–water partition coefficient (Wildman–Crippen LogP) is 13.7. The maximum Gasteiger partial charge on any atom is 0.0430 e. The molecule has 1 aromatic heterocycles. The molecule has 8 aromatic rings. The molecule has 2 aliphatic rings. The van der Waals surface area contributed by atoms with Gasteiger partial charge in [-0.05, 0) is 131 Å². The minimum absolute atomic E-state index is 0.0507. The van der Waals surface area contributed by atoms with Gasteiger partial charge in [0.15, 0.2) is 0 Å². The fourth-order valence-corrected chi connectivity index (χ4v) is 10.9. The van der Waals surface area contributed by atoms with Crippen molar-refractivity contribution in [2.45, 2.75) is 44.9 Å². The molecule has 2 aliphatic carbocycles. The number of thiophene rings is 1. The van der Waals surface area contributed by atoms with E-state index in [-0.39, 0.29) is 5.41 Å². The van der Waals surface area contributed by atoms with Crippen LogP contribution in [0.2, 0.25) is 0 Å². The first-order valence-electron chi connectivity index (χ1n) is 19.9. The zero-order valence-corrected chi connectivity index (χ0v) is 33.0. The van der Waals surface area contributed by atoms with Crippen LogP contribution in [-0.4, -0.2) is 0 Å². The van der Waals surface area contributed by atoms with E-state index in [0.717, 1.165) is 42.4 Å². The third kappa shape index (κ3) is 5.64. The van der Waals surface area contributed by atoms with E-state index in [9.17, 15) is 0 Å². The van der Waals surface area contributed by atoms with E-state index < -0.39 is 0 Å². The molecule has 0 unspecified atom stereocenters. The second-order valence-corrected chi connectivity index (χ2v) is 17.2. The Morgan fingerprint density at radius 3 is 2.14 bits per heavy atom. The third-order valence-electron chi connectivity index (χ3n) is 12.3. The van der Waals surface area contributed by atoms with E-state index in [1.54, 1.807) is 0 Å². The number of fused-ring (bicyclic) bond motifs is 8. The van der Waals surface area contributed by atoms with Gasteiger partial charge in [-0.25, -0.2) is 0 Å². The number of rotatable bonds is 5. The molecule has 0 aliphatic heterocycles. The lowest BCUT2D eigenvalue weighted by Gasteiger charge is -2.29. The first-order valence-corrected chi connectivity index (χ1v) is 20.7. The van der Waals surface area contributed by atoms with Crippen LogP contribution in [0.4, 0.5) is 0 Å². The van der Waals surface area contributed by atoms with Crippen molar-refractivity contribution in [2.24, 2.45) is 0 Å². The second kappa shape index (κ2) is 13.6. The summed E-state index contributed by atoms with van der Waals surface area (Å²) in [5.74, 6) is 0. The Kier molecular flexibility index (Phi) is 8.38. The van der Waals surface area contributed by atoms with Crippen LogP contribution >= 0.6 is 11.3 Å². The summed E-state index contributed by atoms with van der Waals surface area (Å²) in [6.45, 7) is 13.7. The van der Waals surface area contributed by atoms with Crippen LogP contribution in [0.1, 0.15) is 77.6 Å². The molecule has 0 bridgehead atoms. The molecule has 0 amide bonds. The molecule has 0 N–H and O–H groups in total. The van der Waals surface area contributed by atoms with E-state index in [0.29, 0.717) is 0 Å².